The van der Waals surface area contributed by atoms with Crippen molar-refractivity contribution in [3.05, 3.63) is 63.9 Å². The molecule has 2 aromatic rings. The Hall–Kier alpha value is -2.19. The second-order valence-corrected chi connectivity index (χ2v) is 6.89. The number of carbonyl (C=O) groups is 1. The Labute approximate surface area is 163 Å². The molecule has 0 aliphatic heterocycles. The number of pyridine rings is 1. The first-order chi connectivity index (χ1) is 13.2. The molecule has 0 bridgehead atoms. The molecule has 0 saturated carbocycles. The van der Waals surface area contributed by atoms with E-state index >= 15 is 4.39 Å². The topological polar surface area (TPSA) is 51.2 Å². The minimum Gasteiger partial charge on any atom is -0.375 e. The molecule has 1 aromatic heterocycles. The average molecular weight is 417 g/mol. The number of aromatic nitrogens is 1. The Morgan fingerprint density at radius 2 is 2.14 bits per heavy atom. The lowest BCUT2D eigenvalue weighted by molar-refractivity contribution is -0.138. The standard InChI is InChI=1S/C19H17ClF4N2O2/c1-28-15-6-7-18(21,13-3-2-8-25-16(13)15)17(27)26-10-11-4-5-12(9-14(11)20)19(22,23)24/h2-5,8-9,15H,6-7,10H2,1H3,(H,26,27). The van der Waals surface area contributed by atoms with Crippen LogP contribution >= 0.6 is 11.6 Å². The van der Waals surface area contributed by atoms with E-state index in [1.54, 1.807) is 0 Å². The van der Waals surface area contributed by atoms with Gasteiger partial charge in [0.15, 0.2) is 0 Å². The van der Waals surface area contributed by atoms with Crippen LogP contribution in [0.3, 0.4) is 0 Å². The van der Waals surface area contributed by atoms with Crippen molar-refractivity contribution in [2.75, 3.05) is 7.11 Å². The first kappa shape index (κ1) is 20.5. The maximum Gasteiger partial charge on any atom is 0.416 e. The molecule has 2 unspecified atom stereocenters. The molecule has 28 heavy (non-hydrogen) atoms. The normalized spacial score (nSPS) is 21.9. The van der Waals surface area contributed by atoms with Crippen molar-refractivity contribution in [3.8, 4) is 0 Å². The van der Waals surface area contributed by atoms with Crippen molar-refractivity contribution in [1.29, 1.82) is 0 Å². The summed E-state index contributed by atoms with van der Waals surface area (Å²) in [5, 5.41) is 2.27. The highest BCUT2D eigenvalue weighted by molar-refractivity contribution is 6.31. The summed E-state index contributed by atoms with van der Waals surface area (Å²) < 4.78 is 59.1. The minimum absolute atomic E-state index is 0.100. The molecular formula is C19H17ClF4N2O2. The number of rotatable bonds is 4. The molecule has 0 saturated heterocycles. The molecule has 9 heteroatoms. The number of hydrogen-bond donors (Lipinski definition) is 1. The molecule has 150 valence electrons. The first-order valence-corrected chi connectivity index (χ1v) is 8.85. The van der Waals surface area contributed by atoms with Crippen LogP contribution in [0.2, 0.25) is 5.02 Å². The highest BCUT2D eigenvalue weighted by Crippen LogP contribution is 2.43. The first-order valence-electron chi connectivity index (χ1n) is 8.48. The third-order valence-electron chi connectivity index (χ3n) is 4.79. The monoisotopic (exact) mass is 416 g/mol. The lowest BCUT2D eigenvalue weighted by Crippen LogP contribution is -2.44. The van der Waals surface area contributed by atoms with E-state index in [2.05, 4.69) is 10.3 Å². The van der Waals surface area contributed by atoms with Crippen LogP contribution < -0.4 is 5.32 Å². The highest BCUT2D eigenvalue weighted by Gasteiger charge is 2.47. The predicted octanol–water partition coefficient (Wildman–Crippen LogP) is 4.72. The zero-order chi connectivity index (χ0) is 20.5. The largest absolute Gasteiger partial charge is 0.416 e. The summed E-state index contributed by atoms with van der Waals surface area (Å²) in [5.41, 5.74) is -2.46. The fourth-order valence-corrected chi connectivity index (χ4v) is 3.51. The van der Waals surface area contributed by atoms with Gasteiger partial charge in [-0.3, -0.25) is 9.78 Å². The molecule has 0 spiro atoms. The van der Waals surface area contributed by atoms with Gasteiger partial charge in [0.2, 0.25) is 5.67 Å². The second-order valence-electron chi connectivity index (χ2n) is 6.49. The number of carbonyl (C=O) groups excluding carboxylic acids is 1. The molecule has 1 heterocycles. The second kappa shape index (κ2) is 7.67. The van der Waals surface area contributed by atoms with Gasteiger partial charge in [-0.05, 0) is 36.6 Å². The quantitative estimate of drug-likeness (QED) is 0.734. The molecule has 2 atom stereocenters. The van der Waals surface area contributed by atoms with Crippen LogP contribution in [0.4, 0.5) is 17.6 Å². The summed E-state index contributed by atoms with van der Waals surface area (Å²) in [6.07, 6.45) is -3.26. The SMILES string of the molecule is COC1CCC(F)(C(=O)NCc2ccc(C(F)(F)F)cc2Cl)c2cccnc21. The van der Waals surface area contributed by atoms with Gasteiger partial charge in [-0.2, -0.15) is 13.2 Å². The molecule has 0 fully saturated rings. The third-order valence-corrected chi connectivity index (χ3v) is 5.14. The lowest BCUT2D eigenvalue weighted by Gasteiger charge is -2.33. The van der Waals surface area contributed by atoms with Gasteiger partial charge in [0.25, 0.3) is 5.91 Å². The van der Waals surface area contributed by atoms with Crippen LogP contribution in [-0.2, 0) is 27.9 Å². The number of ether oxygens (including phenoxy) is 1. The summed E-state index contributed by atoms with van der Waals surface area (Å²) in [6.45, 7) is -0.204. The molecule has 1 aliphatic carbocycles. The maximum absolute atomic E-state index is 15.6. The Kier molecular flexibility index (Phi) is 5.63. The van der Waals surface area contributed by atoms with Crippen LogP contribution in [0.5, 0.6) is 0 Å². The molecule has 4 nitrogen and oxygen atoms in total. The number of benzene rings is 1. The number of halogens is 5. The number of amides is 1. The molecule has 3 rings (SSSR count). The molecule has 0 radical (unpaired) electrons. The van der Waals surface area contributed by atoms with Gasteiger partial charge in [-0.15, -0.1) is 0 Å². The molecule has 1 aromatic carbocycles. The number of nitrogens with zero attached hydrogens (tertiary/aromatic N) is 1. The number of fused-ring (bicyclic) bond motifs is 1. The summed E-state index contributed by atoms with van der Waals surface area (Å²) in [4.78, 5) is 16.8. The van der Waals surface area contributed by atoms with Gasteiger partial charge < -0.3 is 10.1 Å². The Bertz CT molecular complexity index is 890. The van der Waals surface area contributed by atoms with Gasteiger partial charge in [0, 0.05) is 30.4 Å². The number of nitrogens with one attached hydrogen (secondary N) is 1. The lowest BCUT2D eigenvalue weighted by atomic mass is 9.81. The number of alkyl halides is 4. The Morgan fingerprint density at radius 3 is 2.79 bits per heavy atom. The van der Waals surface area contributed by atoms with Crippen LogP contribution in [0, 0.1) is 0 Å². The van der Waals surface area contributed by atoms with E-state index in [1.165, 1.54) is 25.4 Å². The van der Waals surface area contributed by atoms with E-state index < -0.39 is 29.4 Å². The van der Waals surface area contributed by atoms with E-state index in [9.17, 15) is 18.0 Å². The fourth-order valence-electron chi connectivity index (χ4n) is 3.26. The van der Waals surface area contributed by atoms with Crippen molar-refractivity contribution in [2.24, 2.45) is 0 Å². The van der Waals surface area contributed by atoms with E-state index in [0.717, 1.165) is 18.2 Å². The van der Waals surface area contributed by atoms with Crippen molar-refractivity contribution >= 4 is 17.5 Å². The highest BCUT2D eigenvalue weighted by atomic mass is 35.5. The van der Waals surface area contributed by atoms with Crippen LogP contribution in [0.1, 0.15) is 41.3 Å². The van der Waals surface area contributed by atoms with Crippen molar-refractivity contribution < 1.29 is 27.1 Å². The van der Waals surface area contributed by atoms with Crippen molar-refractivity contribution in [2.45, 2.75) is 37.3 Å². The Balaban J connectivity index is 1.78. The summed E-state index contributed by atoms with van der Waals surface area (Å²) >= 11 is 5.89. The van der Waals surface area contributed by atoms with Crippen LogP contribution in [0.25, 0.3) is 0 Å². The van der Waals surface area contributed by atoms with Crippen LogP contribution in [0.15, 0.2) is 36.5 Å². The smallest absolute Gasteiger partial charge is 0.375 e. The van der Waals surface area contributed by atoms with Gasteiger partial charge >= 0.3 is 6.18 Å². The molecule has 1 amide bonds. The van der Waals surface area contributed by atoms with E-state index in [4.69, 9.17) is 16.3 Å². The summed E-state index contributed by atoms with van der Waals surface area (Å²) in [6, 6.07) is 5.82. The van der Waals surface area contributed by atoms with Crippen LogP contribution in [-0.4, -0.2) is 18.0 Å². The van der Waals surface area contributed by atoms with Crippen molar-refractivity contribution in [1.82, 2.24) is 10.3 Å². The van der Waals surface area contributed by atoms with Crippen molar-refractivity contribution in [3.63, 3.8) is 0 Å². The summed E-state index contributed by atoms with van der Waals surface area (Å²) in [7, 11) is 1.49. The average Bonchev–Trinajstić information content (AvgIpc) is 2.66. The number of hydrogen-bond acceptors (Lipinski definition) is 3. The third kappa shape index (κ3) is 3.84. The molecular weight excluding hydrogens is 400 g/mol. The zero-order valence-electron chi connectivity index (χ0n) is 14.8. The Morgan fingerprint density at radius 1 is 1.39 bits per heavy atom. The molecule has 1 N–H and O–H groups in total. The maximum atomic E-state index is 15.6. The van der Waals surface area contributed by atoms with E-state index in [-0.39, 0.29) is 35.5 Å². The minimum atomic E-state index is -4.52. The molecule has 1 aliphatic rings. The summed E-state index contributed by atoms with van der Waals surface area (Å²) in [5.74, 6) is -0.896. The predicted molar refractivity (Wildman–Crippen MR) is 94.3 cm³/mol. The van der Waals surface area contributed by atoms with E-state index in [1.807, 2.05) is 0 Å². The number of methoxy groups -OCH3 is 1. The van der Waals surface area contributed by atoms with Gasteiger partial charge in [0.05, 0.1) is 17.4 Å². The fraction of sp³-hybridized carbons (Fsp3) is 0.368. The zero-order valence-corrected chi connectivity index (χ0v) is 15.6. The van der Waals surface area contributed by atoms with E-state index in [0.29, 0.717) is 5.69 Å². The van der Waals surface area contributed by atoms with Gasteiger partial charge in [-0.25, -0.2) is 4.39 Å². The van der Waals surface area contributed by atoms with Gasteiger partial charge in [0.1, 0.15) is 0 Å². The van der Waals surface area contributed by atoms with Gasteiger partial charge in [-0.1, -0.05) is 23.7 Å².